The van der Waals surface area contributed by atoms with Gasteiger partial charge in [0, 0.05) is 0 Å². The molecule has 1 aliphatic heterocycles. The second-order valence-corrected chi connectivity index (χ2v) is 4.13. The minimum absolute atomic E-state index is 0.214. The van der Waals surface area contributed by atoms with E-state index in [-0.39, 0.29) is 6.61 Å². The number of cyclic esters (lactones) is 1. The van der Waals surface area contributed by atoms with Crippen LogP contribution in [0.3, 0.4) is 0 Å². The summed E-state index contributed by atoms with van der Waals surface area (Å²) in [5.74, 6) is -0.394. The first-order chi connectivity index (χ1) is 9.80. The van der Waals surface area contributed by atoms with Crippen LogP contribution in [0.25, 0.3) is 0 Å². The lowest BCUT2D eigenvalue weighted by molar-refractivity contribution is -0.158. The third-order valence-corrected chi connectivity index (χ3v) is 2.52. The van der Waals surface area contributed by atoms with Crippen molar-refractivity contribution in [2.75, 3.05) is 66.1 Å². The van der Waals surface area contributed by atoms with Gasteiger partial charge in [-0.1, -0.05) is 0 Å². The van der Waals surface area contributed by atoms with Crippen LogP contribution >= 0.6 is 0 Å². The first-order valence-corrected chi connectivity index (χ1v) is 6.90. The summed E-state index contributed by atoms with van der Waals surface area (Å²) >= 11 is 0. The molecule has 0 spiro atoms. The van der Waals surface area contributed by atoms with Crippen LogP contribution in [0.4, 0.5) is 0 Å². The van der Waals surface area contributed by atoms with E-state index in [9.17, 15) is 4.79 Å². The van der Waals surface area contributed by atoms with E-state index in [1.165, 1.54) is 0 Å². The molecule has 0 aromatic rings. The second kappa shape index (κ2) is 12.0. The summed E-state index contributed by atoms with van der Waals surface area (Å²) in [6.07, 6.45) is -0.600. The van der Waals surface area contributed by atoms with Gasteiger partial charge in [-0.3, -0.25) is 0 Å². The lowest BCUT2D eigenvalue weighted by Crippen LogP contribution is -2.26. The van der Waals surface area contributed by atoms with Crippen molar-refractivity contribution in [1.82, 2.24) is 0 Å². The molecular formula is C13H24O7. The van der Waals surface area contributed by atoms with Gasteiger partial charge in [-0.2, -0.15) is 0 Å². The van der Waals surface area contributed by atoms with E-state index in [1.54, 1.807) is 6.92 Å². The number of hydrogen-bond acceptors (Lipinski definition) is 7. The van der Waals surface area contributed by atoms with E-state index in [1.807, 2.05) is 0 Å². The molecule has 1 unspecified atom stereocenters. The van der Waals surface area contributed by atoms with Crippen molar-refractivity contribution in [3.63, 3.8) is 0 Å². The normalized spacial score (nSPS) is 26.2. The molecule has 1 heterocycles. The van der Waals surface area contributed by atoms with E-state index in [0.717, 1.165) is 0 Å². The first-order valence-electron chi connectivity index (χ1n) is 6.90. The molecule has 1 fully saturated rings. The highest BCUT2D eigenvalue weighted by Crippen LogP contribution is 1.95. The summed E-state index contributed by atoms with van der Waals surface area (Å²) in [7, 11) is 0. The standard InChI is InChI=1S/C13H24O7/c1-12-13(14)20-11-9-18-7-5-16-3-2-15-4-6-17-8-10-19-12/h12H,2-11H2,1H3. The summed E-state index contributed by atoms with van der Waals surface area (Å²) in [4.78, 5) is 11.5. The van der Waals surface area contributed by atoms with Crippen molar-refractivity contribution in [1.29, 1.82) is 0 Å². The average molecular weight is 292 g/mol. The number of carbonyl (C=O) groups is 1. The molecule has 0 saturated carbocycles. The van der Waals surface area contributed by atoms with Crippen LogP contribution in [-0.4, -0.2) is 78.1 Å². The summed E-state index contributed by atoms with van der Waals surface area (Å²) in [5, 5.41) is 0. The highest BCUT2D eigenvalue weighted by Gasteiger charge is 2.14. The van der Waals surface area contributed by atoms with Crippen LogP contribution in [0.2, 0.25) is 0 Å². The quantitative estimate of drug-likeness (QED) is 0.583. The van der Waals surface area contributed by atoms with Crippen LogP contribution in [0.15, 0.2) is 0 Å². The van der Waals surface area contributed by atoms with E-state index < -0.39 is 12.1 Å². The molecule has 20 heavy (non-hydrogen) atoms. The van der Waals surface area contributed by atoms with Gasteiger partial charge in [0.2, 0.25) is 0 Å². The maximum absolute atomic E-state index is 11.5. The Bertz CT molecular complexity index is 247. The Kier molecular flexibility index (Phi) is 10.4. The minimum atomic E-state index is -0.600. The van der Waals surface area contributed by atoms with Gasteiger partial charge in [0.15, 0.2) is 6.10 Å². The third-order valence-electron chi connectivity index (χ3n) is 2.52. The fourth-order valence-electron chi connectivity index (χ4n) is 1.43. The summed E-state index contributed by atoms with van der Waals surface area (Å²) < 4.78 is 31.5. The maximum Gasteiger partial charge on any atom is 0.335 e. The lowest BCUT2D eigenvalue weighted by atomic mass is 10.4. The fraction of sp³-hybridized carbons (Fsp3) is 0.923. The zero-order valence-corrected chi connectivity index (χ0v) is 12.0. The third kappa shape index (κ3) is 9.22. The molecule has 7 heteroatoms. The molecule has 0 aromatic heterocycles. The largest absolute Gasteiger partial charge is 0.461 e. The van der Waals surface area contributed by atoms with Crippen LogP contribution in [-0.2, 0) is 33.2 Å². The second-order valence-electron chi connectivity index (χ2n) is 4.13. The Balaban J connectivity index is 2.20. The number of esters is 1. The van der Waals surface area contributed by atoms with Gasteiger partial charge >= 0.3 is 5.97 Å². The molecule has 0 bridgehead atoms. The van der Waals surface area contributed by atoms with Crippen LogP contribution in [0.1, 0.15) is 6.92 Å². The SMILES string of the molecule is CC1OCCOCCOCCOCCOCCOC1=O. The molecule has 1 aliphatic rings. The Morgan fingerprint density at radius 1 is 0.700 bits per heavy atom. The minimum Gasteiger partial charge on any atom is -0.461 e. The number of rotatable bonds is 0. The van der Waals surface area contributed by atoms with E-state index in [2.05, 4.69) is 0 Å². The van der Waals surface area contributed by atoms with Gasteiger partial charge in [-0.15, -0.1) is 0 Å². The highest BCUT2D eigenvalue weighted by molar-refractivity contribution is 5.74. The Labute approximate surface area is 119 Å². The van der Waals surface area contributed by atoms with E-state index in [4.69, 9.17) is 28.4 Å². The maximum atomic E-state index is 11.5. The molecule has 0 amide bonds. The molecule has 0 N–H and O–H groups in total. The van der Waals surface area contributed by atoms with Gasteiger partial charge in [0.05, 0.1) is 59.5 Å². The molecule has 0 aromatic carbocycles. The molecule has 118 valence electrons. The fourth-order valence-corrected chi connectivity index (χ4v) is 1.43. The van der Waals surface area contributed by atoms with Crippen molar-refractivity contribution in [3.05, 3.63) is 0 Å². The van der Waals surface area contributed by atoms with Crippen molar-refractivity contribution in [2.24, 2.45) is 0 Å². The van der Waals surface area contributed by atoms with Crippen molar-refractivity contribution in [2.45, 2.75) is 13.0 Å². The van der Waals surface area contributed by atoms with Gasteiger partial charge in [-0.05, 0) is 6.92 Å². The smallest absolute Gasteiger partial charge is 0.335 e. The molecule has 1 rings (SSSR count). The van der Waals surface area contributed by atoms with Crippen molar-refractivity contribution < 1.29 is 33.2 Å². The lowest BCUT2D eigenvalue weighted by Gasteiger charge is -2.13. The number of carbonyl (C=O) groups excluding carboxylic acids is 1. The van der Waals surface area contributed by atoms with Crippen LogP contribution < -0.4 is 0 Å². The highest BCUT2D eigenvalue weighted by atomic mass is 16.6. The molecule has 1 saturated heterocycles. The zero-order valence-electron chi connectivity index (χ0n) is 12.0. The summed E-state index contributed by atoms with van der Waals surface area (Å²) in [5.41, 5.74) is 0. The van der Waals surface area contributed by atoms with Crippen LogP contribution in [0.5, 0.6) is 0 Å². The average Bonchev–Trinajstić information content (AvgIpc) is 2.45. The molecule has 7 nitrogen and oxygen atoms in total. The van der Waals surface area contributed by atoms with Crippen LogP contribution in [0, 0.1) is 0 Å². The topological polar surface area (TPSA) is 72.5 Å². The zero-order chi connectivity index (χ0) is 14.5. The Morgan fingerprint density at radius 3 is 1.60 bits per heavy atom. The van der Waals surface area contributed by atoms with Crippen molar-refractivity contribution in [3.8, 4) is 0 Å². The van der Waals surface area contributed by atoms with Gasteiger partial charge in [0.1, 0.15) is 6.61 Å². The monoisotopic (exact) mass is 292 g/mol. The molecular weight excluding hydrogens is 268 g/mol. The number of hydrogen-bond donors (Lipinski definition) is 0. The van der Waals surface area contributed by atoms with Gasteiger partial charge < -0.3 is 28.4 Å². The van der Waals surface area contributed by atoms with Gasteiger partial charge in [0.25, 0.3) is 0 Å². The summed E-state index contributed by atoms with van der Waals surface area (Å²) in [6.45, 7) is 6.00. The Morgan fingerprint density at radius 2 is 1.10 bits per heavy atom. The van der Waals surface area contributed by atoms with E-state index in [0.29, 0.717) is 59.5 Å². The molecule has 0 aliphatic carbocycles. The predicted octanol–water partition coefficient (Wildman–Crippen LogP) is 0.0147. The van der Waals surface area contributed by atoms with Crippen molar-refractivity contribution >= 4 is 5.97 Å². The Hall–Kier alpha value is -0.730. The van der Waals surface area contributed by atoms with E-state index >= 15 is 0 Å². The first kappa shape index (κ1) is 17.3. The molecule has 1 atom stereocenters. The molecule has 0 radical (unpaired) electrons. The summed E-state index contributed by atoms with van der Waals surface area (Å²) in [6, 6.07) is 0. The number of ether oxygens (including phenoxy) is 6. The predicted molar refractivity (Wildman–Crippen MR) is 69.6 cm³/mol. The van der Waals surface area contributed by atoms with Gasteiger partial charge in [-0.25, -0.2) is 4.79 Å².